The summed E-state index contributed by atoms with van der Waals surface area (Å²) in [5, 5.41) is 3.12. The summed E-state index contributed by atoms with van der Waals surface area (Å²) in [6.45, 7) is 5.13. The highest BCUT2D eigenvalue weighted by atomic mass is 16.6. The van der Waals surface area contributed by atoms with Crippen molar-refractivity contribution >= 4 is 5.97 Å². The smallest absolute Gasteiger partial charge is 0.313 e. The quantitative estimate of drug-likeness (QED) is 0.852. The van der Waals surface area contributed by atoms with Crippen LogP contribution in [0.3, 0.4) is 0 Å². The lowest BCUT2D eigenvalue weighted by atomic mass is 9.94. The van der Waals surface area contributed by atoms with E-state index in [1.807, 2.05) is 7.05 Å². The molecule has 0 saturated carbocycles. The van der Waals surface area contributed by atoms with Crippen molar-refractivity contribution in [3.05, 3.63) is 21.7 Å². The maximum Gasteiger partial charge on any atom is 0.313 e. The molecule has 0 fully saturated rings. The summed E-state index contributed by atoms with van der Waals surface area (Å²) in [5.41, 5.74) is -0.130. The largest absolute Gasteiger partial charge is 0.440 e. The van der Waals surface area contributed by atoms with E-state index >= 15 is 0 Å². The van der Waals surface area contributed by atoms with Gasteiger partial charge in [-0.2, -0.15) is 0 Å². The number of rotatable bonds is 3. The minimum Gasteiger partial charge on any atom is -0.440 e. The fourth-order valence-electron chi connectivity index (χ4n) is 2.32. The van der Waals surface area contributed by atoms with Crippen LogP contribution in [0, 0.1) is 5.41 Å². The molecule has 0 aromatic carbocycles. The first-order valence-corrected chi connectivity index (χ1v) is 6.92. The van der Waals surface area contributed by atoms with Crippen LogP contribution < -0.4 is 10.9 Å². The minimum absolute atomic E-state index is 0.0227. The van der Waals surface area contributed by atoms with Crippen molar-refractivity contribution in [2.75, 3.05) is 7.05 Å². The normalized spacial score (nSPS) is 18.7. The van der Waals surface area contributed by atoms with Crippen molar-refractivity contribution in [3.8, 4) is 0 Å². The highest BCUT2D eigenvalue weighted by Crippen LogP contribution is 2.27. The summed E-state index contributed by atoms with van der Waals surface area (Å²) in [4.78, 5) is 24.0. The molecule has 0 spiro atoms. The first-order valence-electron chi connectivity index (χ1n) is 6.92. The maximum atomic E-state index is 12.3. The Labute approximate surface area is 118 Å². The molecule has 0 saturated heterocycles. The summed E-state index contributed by atoms with van der Waals surface area (Å²) in [6.07, 6.45) is 2.65. The predicted octanol–water partition coefficient (Wildman–Crippen LogP) is 1.58. The lowest BCUT2D eigenvalue weighted by Gasteiger charge is -2.18. The molecular weight excluding hydrogens is 260 g/mol. The zero-order valence-corrected chi connectivity index (χ0v) is 12.5. The number of fused-ring (bicyclic) bond motifs is 1. The molecule has 112 valence electrons. The van der Waals surface area contributed by atoms with Gasteiger partial charge in [0, 0.05) is 12.5 Å². The molecule has 6 heteroatoms. The number of nitrogens with one attached hydrogen (secondary N) is 1. The Hall–Kier alpha value is -1.56. The van der Waals surface area contributed by atoms with Crippen molar-refractivity contribution in [2.45, 2.75) is 52.8 Å². The van der Waals surface area contributed by atoms with E-state index in [9.17, 15) is 9.59 Å². The van der Waals surface area contributed by atoms with Crippen molar-refractivity contribution in [2.24, 2.45) is 5.41 Å². The lowest BCUT2D eigenvalue weighted by molar-refractivity contribution is -0.159. The molecule has 0 unspecified atom stereocenters. The molecule has 1 heterocycles. The standard InChI is InChI=1S/C14H22N2O4/c1-14(2,3)13(18)19-8-16-12(17)11-9(15-4)6-5-7-10(11)20-16/h9,15H,5-8H2,1-4H3/t9-/m1/s1. The SMILES string of the molecule is CN[C@@H]1CCCc2on(COC(=O)C(C)(C)C)c(=O)c21. The molecule has 1 aliphatic carbocycles. The number of carbonyl (C=O) groups is 1. The Morgan fingerprint density at radius 1 is 1.50 bits per heavy atom. The molecule has 6 nitrogen and oxygen atoms in total. The maximum absolute atomic E-state index is 12.3. The molecule has 1 aromatic rings. The monoisotopic (exact) mass is 282 g/mol. The number of hydrogen-bond donors (Lipinski definition) is 1. The van der Waals surface area contributed by atoms with Crippen molar-refractivity contribution in [3.63, 3.8) is 0 Å². The summed E-state index contributed by atoms with van der Waals surface area (Å²) in [6, 6.07) is 0.0227. The second kappa shape index (κ2) is 5.44. The topological polar surface area (TPSA) is 73.5 Å². The van der Waals surface area contributed by atoms with Crippen LogP contribution in [0.2, 0.25) is 0 Å². The highest BCUT2D eigenvalue weighted by Gasteiger charge is 2.29. The molecule has 0 amide bonds. The number of carbonyl (C=O) groups excluding carboxylic acids is 1. The van der Waals surface area contributed by atoms with Crippen LogP contribution in [0.15, 0.2) is 9.32 Å². The Kier molecular flexibility index (Phi) is 4.04. The van der Waals surface area contributed by atoms with Gasteiger partial charge in [0.2, 0.25) is 6.73 Å². The average molecular weight is 282 g/mol. The number of aryl methyl sites for hydroxylation is 1. The van der Waals surface area contributed by atoms with Crippen LogP contribution in [0.1, 0.15) is 51.0 Å². The fraction of sp³-hybridized carbons (Fsp3) is 0.714. The van der Waals surface area contributed by atoms with Crippen molar-refractivity contribution < 1.29 is 14.1 Å². The zero-order chi connectivity index (χ0) is 14.9. The molecule has 0 radical (unpaired) electrons. The van der Waals surface area contributed by atoms with E-state index in [0.29, 0.717) is 11.3 Å². The van der Waals surface area contributed by atoms with Gasteiger partial charge in [-0.3, -0.25) is 9.59 Å². The van der Waals surface area contributed by atoms with E-state index in [-0.39, 0.29) is 24.3 Å². The third-order valence-corrected chi connectivity index (χ3v) is 3.50. The van der Waals surface area contributed by atoms with Crippen molar-refractivity contribution in [1.82, 2.24) is 10.1 Å². The van der Waals surface area contributed by atoms with Crippen LogP contribution in [0.25, 0.3) is 0 Å². The van der Waals surface area contributed by atoms with E-state index in [4.69, 9.17) is 9.26 Å². The fourth-order valence-corrected chi connectivity index (χ4v) is 2.32. The van der Waals surface area contributed by atoms with E-state index in [1.165, 1.54) is 0 Å². The van der Waals surface area contributed by atoms with Gasteiger partial charge in [-0.25, -0.2) is 0 Å². The summed E-state index contributed by atoms with van der Waals surface area (Å²) >= 11 is 0. The number of nitrogens with zero attached hydrogens (tertiary/aromatic N) is 1. The summed E-state index contributed by atoms with van der Waals surface area (Å²) in [7, 11) is 1.83. The highest BCUT2D eigenvalue weighted by molar-refractivity contribution is 5.75. The van der Waals surface area contributed by atoms with Gasteiger partial charge in [0.25, 0.3) is 5.56 Å². The van der Waals surface area contributed by atoms with Crippen LogP contribution in [-0.2, 0) is 22.7 Å². The average Bonchev–Trinajstić information content (AvgIpc) is 2.71. The van der Waals surface area contributed by atoms with Gasteiger partial charge in [0.1, 0.15) is 5.76 Å². The first kappa shape index (κ1) is 14.8. The Morgan fingerprint density at radius 3 is 2.80 bits per heavy atom. The number of aromatic nitrogens is 1. The number of ether oxygens (including phenoxy) is 1. The van der Waals surface area contributed by atoms with Crippen LogP contribution >= 0.6 is 0 Å². The third-order valence-electron chi connectivity index (χ3n) is 3.50. The summed E-state index contributed by atoms with van der Waals surface area (Å²) in [5.74, 6) is 0.344. The van der Waals surface area contributed by atoms with Gasteiger partial charge in [-0.1, -0.05) is 0 Å². The Bertz CT molecular complexity index is 551. The minimum atomic E-state index is -0.594. The summed E-state index contributed by atoms with van der Waals surface area (Å²) < 4.78 is 11.8. The van der Waals surface area contributed by atoms with Crippen LogP contribution in [0.5, 0.6) is 0 Å². The van der Waals surface area contributed by atoms with E-state index in [2.05, 4.69) is 5.32 Å². The zero-order valence-electron chi connectivity index (χ0n) is 12.5. The van der Waals surface area contributed by atoms with Gasteiger partial charge in [-0.05, 0) is 40.7 Å². The van der Waals surface area contributed by atoms with E-state index in [0.717, 1.165) is 24.0 Å². The number of esters is 1. The lowest BCUT2D eigenvalue weighted by Crippen LogP contribution is -2.30. The van der Waals surface area contributed by atoms with Gasteiger partial charge in [0.05, 0.1) is 11.0 Å². The molecule has 2 rings (SSSR count). The molecule has 0 aliphatic heterocycles. The molecule has 1 aliphatic rings. The van der Waals surface area contributed by atoms with Gasteiger partial charge < -0.3 is 14.6 Å². The molecular formula is C14H22N2O4. The second-order valence-electron chi connectivity index (χ2n) is 6.16. The molecule has 20 heavy (non-hydrogen) atoms. The van der Waals surface area contributed by atoms with Crippen LogP contribution in [0.4, 0.5) is 0 Å². The predicted molar refractivity (Wildman–Crippen MR) is 73.3 cm³/mol. The first-order chi connectivity index (χ1) is 9.34. The van der Waals surface area contributed by atoms with Gasteiger partial charge in [-0.15, -0.1) is 4.74 Å². The van der Waals surface area contributed by atoms with Crippen molar-refractivity contribution in [1.29, 1.82) is 0 Å². The Balaban J connectivity index is 2.17. The Morgan fingerprint density at radius 2 is 2.20 bits per heavy atom. The van der Waals surface area contributed by atoms with E-state index < -0.39 is 5.41 Å². The molecule has 1 N–H and O–H groups in total. The van der Waals surface area contributed by atoms with Gasteiger partial charge >= 0.3 is 5.97 Å². The molecule has 0 bridgehead atoms. The van der Waals surface area contributed by atoms with Crippen LogP contribution in [-0.4, -0.2) is 17.8 Å². The second-order valence-corrected chi connectivity index (χ2v) is 6.16. The van der Waals surface area contributed by atoms with Gasteiger partial charge in [0.15, 0.2) is 0 Å². The van der Waals surface area contributed by atoms with E-state index in [1.54, 1.807) is 20.8 Å². The molecule has 1 aromatic heterocycles. The third kappa shape index (κ3) is 2.80. The number of hydrogen-bond acceptors (Lipinski definition) is 5. The molecule has 1 atom stereocenters.